The summed E-state index contributed by atoms with van der Waals surface area (Å²) in [4.78, 5) is 29.0. The summed E-state index contributed by atoms with van der Waals surface area (Å²) in [5.41, 5.74) is 0.162. The van der Waals surface area contributed by atoms with Gasteiger partial charge in [-0.1, -0.05) is 57.5 Å². The molecule has 1 aliphatic rings. The maximum Gasteiger partial charge on any atom is 0.408 e. The minimum Gasteiger partial charge on any atom is -0.465 e. The molecule has 3 N–H and O–H groups in total. The number of nitrogens with one attached hydrogen (secondary N) is 1. The predicted octanol–water partition coefficient (Wildman–Crippen LogP) is 3.71. The Hall–Kier alpha value is -2.12. The van der Waals surface area contributed by atoms with Crippen molar-refractivity contribution in [3.8, 4) is 0 Å². The molecule has 7 heteroatoms. The summed E-state index contributed by atoms with van der Waals surface area (Å²) in [5.74, 6) is -0.00400. The van der Waals surface area contributed by atoms with Crippen LogP contribution >= 0.6 is 0 Å². The molecule has 2 amide bonds. The van der Waals surface area contributed by atoms with Gasteiger partial charge in [-0.2, -0.15) is 0 Å². The van der Waals surface area contributed by atoms with Crippen LogP contribution in [0.25, 0.3) is 0 Å². The Morgan fingerprint density at radius 3 is 2.25 bits per heavy atom. The van der Waals surface area contributed by atoms with E-state index < -0.39 is 29.8 Å². The number of rotatable bonds is 9. The van der Waals surface area contributed by atoms with Crippen molar-refractivity contribution in [1.82, 2.24) is 15.1 Å². The van der Waals surface area contributed by atoms with Gasteiger partial charge in [0, 0.05) is 11.6 Å². The first-order valence-electron chi connectivity index (χ1n) is 11.7. The van der Waals surface area contributed by atoms with E-state index in [1.165, 1.54) is 4.90 Å². The Kier molecular flexibility index (Phi) is 8.71. The third-order valence-corrected chi connectivity index (χ3v) is 6.27. The number of amides is 2. The van der Waals surface area contributed by atoms with Crippen LogP contribution in [0.15, 0.2) is 30.3 Å². The molecule has 0 bridgehead atoms. The molecule has 32 heavy (non-hydrogen) atoms. The lowest BCUT2D eigenvalue weighted by Gasteiger charge is -2.42. The summed E-state index contributed by atoms with van der Waals surface area (Å²) in [6, 6.07) is 7.90. The zero-order valence-corrected chi connectivity index (χ0v) is 20.6. The van der Waals surface area contributed by atoms with Crippen molar-refractivity contribution in [3.63, 3.8) is 0 Å². The molecule has 0 aromatic heterocycles. The summed E-state index contributed by atoms with van der Waals surface area (Å²) >= 11 is 0. The van der Waals surface area contributed by atoms with Crippen LogP contribution in [0, 0.1) is 5.92 Å². The second-order valence-corrected chi connectivity index (χ2v) is 10.3. The average Bonchev–Trinajstić information content (AvgIpc) is 3.04. The van der Waals surface area contributed by atoms with Crippen molar-refractivity contribution in [3.05, 3.63) is 35.9 Å². The highest BCUT2D eigenvalue weighted by atomic mass is 16.4. The van der Waals surface area contributed by atoms with Gasteiger partial charge >= 0.3 is 6.09 Å². The lowest BCUT2D eigenvalue weighted by molar-refractivity contribution is -0.135. The molecule has 2 rings (SSSR count). The lowest BCUT2D eigenvalue weighted by atomic mass is 9.91. The quantitative estimate of drug-likeness (QED) is 0.537. The number of benzene rings is 1. The van der Waals surface area contributed by atoms with E-state index in [2.05, 4.69) is 12.2 Å². The van der Waals surface area contributed by atoms with E-state index in [1.54, 1.807) is 0 Å². The summed E-state index contributed by atoms with van der Waals surface area (Å²) in [6.45, 7) is 13.6. The normalized spacial score (nSPS) is 22.2. The van der Waals surface area contributed by atoms with Crippen LogP contribution < -0.4 is 5.32 Å². The first-order chi connectivity index (χ1) is 14.9. The molecule has 7 nitrogen and oxygen atoms in total. The molecule has 5 atom stereocenters. The van der Waals surface area contributed by atoms with Gasteiger partial charge in [0.2, 0.25) is 5.91 Å². The first kappa shape index (κ1) is 26.1. The highest BCUT2D eigenvalue weighted by molar-refractivity contribution is 5.85. The van der Waals surface area contributed by atoms with Crippen molar-refractivity contribution in [2.24, 2.45) is 5.92 Å². The Bertz CT molecular complexity index is 762. The molecular weight excluding hydrogens is 406 g/mol. The second-order valence-electron chi connectivity index (χ2n) is 10.3. The predicted molar refractivity (Wildman–Crippen MR) is 126 cm³/mol. The topological polar surface area (TPSA) is 93.1 Å². The first-order valence-corrected chi connectivity index (χ1v) is 11.7. The number of nitrogens with zero attached hydrogens (tertiary/aromatic N) is 2. The minimum absolute atomic E-state index is 0.0374. The summed E-state index contributed by atoms with van der Waals surface area (Å²) in [7, 11) is 0. The molecule has 1 fully saturated rings. The van der Waals surface area contributed by atoms with Crippen LogP contribution in [0.5, 0.6) is 0 Å². The Morgan fingerprint density at radius 1 is 1.19 bits per heavy atom. The summed E-state index contributed by atoms with van der Waals surface area (Å²) in [6.07, 6.45) is -0.368. The van der Waals surface area contributed by atoms with Crippen molar-refractivity contribution in [1.29, 1.82) is 0 Å². The number of carboxylic acid groups (broad SMARTS) is 1. The number of hydrogen-bond donors (Lipinski definition) is 3. The maximum absolute atomic E-state index is 13.5. The van der Waals surface area contributed by atoms with E-state index >= 15 is 0 Å². The number of hydrogen-bond acceptors (Lipinski definition) is 4. The molecule has 1 aromatic rings. The van der Waals surface area contributed by atoms with E-state index in [0.717, 1.165) is 18.4 Å². The van der Waals surface area contributed by atoms with Crippen LogP contribution in [0.3, 0.4) is 0 Å². The van der Waals surface area contributed by atoms with Crippen molar-refractivity contribution in [2.75, 3.05) is 0 Å². The zero-order chi connectivity index (χ0) is 24.2. The minimum atomic E-state index is -1.20. The number of carbonyl (C=O) groups is 2. The molecule has 0 saturated carbocycles. The smallest absolute Gasteiger partial charge is 0.408 e. The van der Waals surface area contributed by atoms with Gasteiger partial charge in [-0.15, -0.1) is 0 Å². The molecule has 0 spiro atoms. The molecule has 0 radical (unpaired) electrons. The zero-order valence-electron chi connectivity index (χ0n) is 20.6. The maximum atomic E-state index is 13.5. The molecule has 0 aliphatic carbocycles. The Morgan fingerprint density at radius 2 is 1.78 bits per heavy atom. The Labute approximate surface area is 192 Å². The fraction of sp³-hybridized carbons (Fsp3) is 0.680. The fourth-order valence-corrected chi connectivity index (χ4v) is 4.81. The lowest BCUT2D eigenvalue weighted by Crippen LogP contribution is -2.61. The third kappa shape index (κ3) is 5.81. The van der Waals surface area contributed by atoms with Crippen molar-refractivity contribution < 1.29 is 19.8 Å². The molecule has 180 valence electrons. The molecule has 1 aromatic carbocycles. The molecule has 1 heterocycles. The Balaban J connectivity index is 2.44. The van der Waals surface area contributed by atoms with E-state index in [9.17, 15) is 19.8 Å². The molecule has 1 saturated heterocycles. The standard InChI is InChI=1S/C25H41N3O4/c1-8-12-17(4)27-22(16(2)3)26-20(23(27)30)21(29)19(15-18-13-10-9-11-14-18)28(24(31)32)25(5,6)7/h9-11,13-14,16-17,19-22,26,29H,8,12,15H2,1-7H3,(H,31,32)/t17?,19-,20-,21+,22?/m0/s1. The van der Waals surface area contributed by atoms with Crippen LogP contribution in [0.1, 0.15) is 66.9 Å². The molecule has 2 unspecified atom stereocenters. The third-order valence-electron chi connectivity index (χ3n) is 6.27. The van der Waals surface area contributed by atoms with Crippen LogP contribution in [0.4, 0.5) is 4.79 Å². The number of carbonyl (C=O) groups excluding carboxylic acids is 1. The van der Waals surface area contributed by atoms with Crippen LogP contribution in [0.2, 0.25) is 0 Å². The van der Waals surface area contributed by atoms with Gasteiger partial charge in [0.05, 0.1) is 18.3 Å². The van der Waals surface area contributed by atoms with Crippen molar-refractivity contribution in [2.45, 2.75) is 104 Å². The molecule has 1 aliphatic heterocycles. The molecular formula is C25H41N3O4. The highest BCUT2D eigenvalue weighted by Crippen LogP contribution is 2.29. The fourth-order valence-electron chi connectivity index (χ4n) is 4.81. The van der Waals surface area contributed by atoms with Gasteiger partial charge < -0.3 is 15.1 Å². The summed E-state index contributed by atoms with van der Waals surface area (Å²) in [5, 5.41) is 24.9. The van der Waals surface area contributed by atoms with Crippen molar-refractivity contribution >= 4 is 12.0 Å². The largest absolute Gasteiger partial charge is 0.465 e. The van der Waals surface area contributed by atoms with E-state index in [1.807, 2.05) is 76.8 Å². The number of aliphatic hydroxyl groups is 1. The van der Waals surface area contributed by atoms with Gasteiger partial charge in [-0.3, -0.25) is 15.0 Å². The van der Waals surface area contributed by atoms with Crippen LogP contribution in [-0.4, -0.2) is 67.9 Å². The van der Waals surface area contributed by atoms with Gasteiger partial charge in [-0.25, -0.2) is 4.79 Å². The van der Waals surface area contributed by atoms with Crippen LogP contribution in [-0.2, 0) is 11.2 Å². The number of aliphatic hydroxyl groups excluding tert-OH is 1. The monoisotopic (exact) mass is 447 g/mol. The average molecular weight is 448 g/mol. The van der Waals surface area contributed by atoms with Gasteiger partial charge in [0.15, 0.2) is 0 Å². The highest BCUT2D eigenvalue weighted by Gasteiger charge is 2.49. The van der Waals surface area contributed by atoms with E-state index in [-0.39, 0.29) is 24.0 Å². The van der Waals surface area contributed by atoms with Gasteiger partial charge in [0.1, 0.15) is 6.04 Å². The SMILES string of the molecule is CCCC(C)N1C(=O)[C@H]([C@H](O)[C@H](Cc2ccccc2)N(C(=O)O)C(C)(C)C)NC1C(C)C. The van der Waals surface area contributed by atoms with Gasteiger partial charge in [-0.05, 0) is 52.0 Å². The second kappa shape index (κ2) is 10.7. The van der Waals surface area contributed by atoms with E-state index in [0.29, 0.717) is 6.42 Å². The van der Waals surface area contributed by atoms with Gasteiger partial charge in [0.25, 0.3) is 0 Å². The van der Waals surface area contributed by atoms with E-state index in [4.69, 9.17) is 0 Å². The summed E-state index contributed by atoms with van der Waals surface area (Å²) < 4.78 is 0.